The summed E-state index contributed by atoms with van der Waals surface area (Å²) in [5.74, 6) is 0.716. The number of rotatable bonds is 6. The van der Waals surface area contributed by atoms with Gasteiger partial charge >= 0.3 is 12.1 Å². The van der Waals surface area contributed by atoms with Crippen molar-refractivity contribution >= 4 is 17.7 Å². The normalized spacial score (nSPS) is 14.3. The summed E-state index contributed by atoms with van der Waals surface area (Å²) in [4.78, 5) is 23.6. The lowest BCUT2D eigenvalue weighted by atomic mass is 10.2. The minimum absolute atomic E-state index is 0.445. The van der Waals surface area contributed by atoms with Crippen LogP contribution < -0.4 is 9.64 Å². The van der Waals surface area contributed by atoms with Crippen LogP contribution in [0.1, 0.15) is 26.2 Å². The van der Waals surface area contributed by atoms with Crippen molar-refractivity contribution in [2.75, 3.05) is 11.5 Å². The topological polar surface area (TPSA) is 71.3 Å². The first kappa shape index (κ1) is 13.2. The van der Waals surface area contributed by atoms with E-state index in [0.29, 0.717) is 18.0 Å². The molecule has 0 radical (unpaired) electrons. The van der Waals surface area contributed by atoms with Gasteiger partial charge in [0.2, 0.25) is 0 Å². The Morgan fingerprint density at radius 1 is 1.05 bits per heavy atom. The van der Waals surface area contributed by atoms with E-state index in [4.69, 9.17) is 4.74 Å². The number of hydrogen-bond donors (Lipinski definition) is 0. The summed E-state index contributed by atoms with van der Waals surface area (Å²) in [6.07, 6.45) is 3.30. The highest BCUT2D eigenvalue weighted by Crippen LogP contribution is 2.23. The summed E-state index contributed by atoms with van der Waals surface area (Å²) in [5.41, 5.74) is 0.445. The fourth-order valence-electron chi connectivity index (χ4n) is 1.71. The number of imide groups is 1. The van der Waals surface area contributed by atoms with Crippen molar-refractivity contribution in [3.05, 3.63) is 24.3 Å². The molecule has 6 heteroatoms. The van der Waals surface area contributed by atoms with E-state index in [1.165, 1.54) is 0 Å². The Bertz CT molecular complexity index is 478. The zero-order valence-electron chi connectivity index (χ0n) is 10.7. The van der Waals surface area contributed by atoms with Crippen molar-refractivity contribution in [2.45, 2.75) is 26.2 Å². The van der Waals surface area contributed by atoms with Crippen LogP contribution >= 0.6 is 0 Å². The Labute approximate surface area is 111 Å². The predicted molar refractivity (Wildman–Crippen MR) is 69.6 cm³/mol. The maximum absolute atomic E-state index is 11.3. The molecule has 1 aromatic carbocycles. The third kappa shape index (κ3) is 3.15. The highest BCUT2D eigenvalue weighted by Gasteiger charge is 2.28. The van der Waals surface area contributed by atoms with Gasteiger partial charge in [-0.05, 0) is 30.7 Å². The molecule has 0 unspecified atom stereocenters. The van der Waals surface area contributed by atoms with E-state index in [0.717, 1.165) is 24.2 Å². The molecule has 0 aromatic heterocycles. The molecule has 1 aromatic rings. The summed E-state index contributed by atoms with van der Waals surface area (Å²) in [7, 11) is 0. The molecule has 0 spiro atoms. The van der Waals surface area contributed by atoms with Crippen molar-refractivity contribution in [1.82, 2.24) is 0 Å². The van der Waals surface area contributed by atoms with Gasteiger partial charge in [-0.15, -0.1) is 0 Å². The molecule has 0 bridgehead atoms. The van der Waals surface area contributed by atoms with Crippen LogP contribution in [0.3, 0.4) is 0 Å². The zero-order valence-corrected chi connectivity index (χ0v) is 10.7. The van der Waals surface area contributed by atoms with Crippen LogP contribution in [0, 0.1) is 0 Å². The highest BCUT2D eigenvalue weighted by atomic mass is 16.5. The number of ether oxygens (including phenoxy) is 1. The first-order chi connectivity index (χ1) is 9.22. The monoisotopic (exact) mass is 261 g/mol. The molecule has 100 valence electrons. The summed E-state index contributed by atoms with van der Waals surface area (Å²) in [5, 5.41) is 6.40. The molecule has 0 N–H and O–H groups in total. The quantitative estimate of drug-likeness (QED) is 0.732. The van der Waals surface area contributed by atoms with Crippen LogP contribution in [0.5, 0.6) is 5.75 Å². The van der Waals surface area contributed by atoms with E-state index in [1.54, 1.807) is 24.3 Å². The molecule has 19 heavy (non-hydrogen) atoms. The van der Waals surface area contributed by atoms with Crippen LogP contribution in [0.25, 0.3) is 0 Å². The molecule has 0 atom stereocenters. The average molecular weight is 261 g/mol. The van der Waals surface area contributed by atoms with Gasteiger partial charge in [0.15, 0.2) is 0 Å². The first-order valence-electron chi connectivity index (χ1n) is 6.25. The smallest absolute Gasteiger partial charge is 0.375 e. The van der Waals surface area contributed by atoms with Gasteiger partial charge in [-0.3, -0.25) is 0 Å². The number of unbranched alkanes of at least 4 members (excludes halogenated alkanes) is 2. The number of nitrogens with zero attached hydrogens (tertiary/aromatic N) is 3. The fourth-order valence-corrected chi connectivity index (χ4v) is 1.71. The van der Waals surface area contributed by atoms with Crippen molar-refractivity contribution in [3.8, 4) is 5.75 Å². The molecule has 6 nitrogen and oxygen atoms in total. The summed E-state index contributed by atoms with van der Waals surface area (Å²) in [6.45, 7) is 2.80. The number of amides is 4. The lowest BCUT2D eigenvalue weighted by Gasteiger charge is -2.11. The van der Waals surface area contributed by atoms with Crippen molar-refractivity contribution in [3.63, 3.8) is 0 Å². The zero-order chi connectivity index (χ0) is 13.7. The van der Waals surface area contributed by atoms with Crippen LogP contribution in [-0.2, 0) is 0 Å². The Hall–Kier alpha value is -2.24. The lowest BCUT2D eigenvalue weighted by Crippen LogP contribution is -2.27. The largest absolute Gasteiger partial charge is 0.494 e. The molecular formula is C13H15N3O3. The summed E-state index contributed by atoms with van der Waals surface area (Å²) in [6, 6.07) is 5.39. The number of urea groups is 2. The Kier molecular flexibility index (Phi) is 4.22. The average Bonchev–Trinajstić information content (AvgIpc) is 2.75. The molecule has 0 aliphatic carbocycles. The third-order valence-corrected chi connectivity index (χ3v) is 2.72. The molecule has 1 aliphatic heterocycles. The number of hydrogen-bond acceptors (Lipinski definition) is 3. The molecule has 1 aliphatic rings. The van der Waals surface area contributed by atoms with E-state index < -0.39 is 12.1 Å². The van der Waals surface area contributed by atoms with Gasteiger partial charge in [-0.1, -0.05) is 30.0 Å². The van der Waals surface area contributed by atoms with E-state index in [1.807, 2.05) is 0 Å². The predicted octanol–water partition coefficient (Wildman–Crippen LogP) is 3.77. The molecular weight excluding hydrogens is 246 g/mol. The van der Waals surface area contributed by atoms with E-state index in [2.05, 4.69) is 17.2 Å². The Balaban J connectivity index is 1.95. The summed E-state index contributed by atoms with van der Waals surface area (Å²) < 4.78 is 5.54. The third-order valence-electron chi connectivity index (χ3n) is 2.72. The van der Waals surface area contributed by atoms with Gasteiger partial charge in [0.05, 0.1) is 12.3 Å². The van der Waals surface area contributed by atoms with Crippen molar-refractivity contribution in [1.29, 1.82) is 0 Å². The van der Waals surface area contributed by atoms with Crippen LogP contribution in [-0.4, -0.2) is 18.7 Å². The Morgan fingerprint density at radius 3 is 2.26 bits per heavy atom. The minimum Gasteiger partial charge on any atom is -0.494 e. The first-order valence-corrected chi connectivity index (χ1v) is 6.25. The van der Waals surface area contributed by atoms with Crippen molar-refractivity contribution < 1.29 is 14.3 Å². The standard InChI is InChI=1S/C13H15N3O3/c1-2-3-4-9-19-11-7-5-10(6-8-11)16-12(17)14-15-13(16)18/h5-8H,2-4,9H2,1H3. The second-order valence-electron chi connectivity index (χ2n) is 4.15. The SMILES string of the molecule is CCCCCOc1ccc(N2C(=O)N=NC2=O)cc1. The number of benzene rings is 1. The van der Waals surface area contributed by atoms with Crippen LogP contribution in [0.2, 0.25) is 0 Å². The Morgan fingerprint density at radius 2 is 1.68 bits per heavy atom. The second-order valence-corrected chi connectivity index (χ2v) is 4.15. The van der Waals surface area contributed by atoms with Gasteiger partial charge in [0.1, 0.15) is 5.75 Å². The molecule has 1 heterocycles. The maximum Gasteiger partial charge on any atom is 0.375 e. The molecule has 0 saturated carbocycles. The van der Waals surface area contributed by atoms with Gasteiger partial charge in [0.25, 0.3) is 0 Å². The number of carbonyl (C=O) groups excluding carboxylic acids is 2. The fraction of sp³-hybridized carbons (Fsp3) is 0.385. The number of carbonyl (C=O) groups is 2. The highest BCUT2D eigenvalue weighted by molar-refractivity contribution is 6.17. The van der Waals surface area contributed by atoms with Gasteiger partial charge < -0.3 is 4.74 Å². The van der Waals surface area contributed by atoms with E-state index in [9.17, 15) is 9.59 Å². The maximum atomic E-state index is 11.3. The number of azo groups is 1. The van der Waals surface area contributed by atoms with Crippen LogP contribution in [0.4, 0.5) is 15.3 Å². The van der Waals surface area contributed by atoms with Gasteiger partial charge in [-0.25, -0.2) is 14.5 Å². The number of anilines is 1. The molecule has 0 saturated heterocycles. The second kappa shape index (κ2) is 6.08. The van der Waals surface area contributed by atoms with Gasteiger partial charge in [-0.2, -0.15) is 0 Å². The minimum atomic E-state index is -0.665. The van der Waals surface area contributed by atoms with E-state index >= 15 is 0 Å². The molecule has 2 rings (SSSR count). The molecule has 4 amide bonds. The van der Waals surface area contributed by atoms with Crippen molar-refractivity contribution in [2.24, 2.45) is 10.2 Å². The van der Waals surface area contributed by atoms with E-state index in [-0.39, 0.29) is 0 Å². The lowest BCUT2D eigenvalue weighted by molar-refractivity contribution is 0.249. The van der Waals surface area contributed by atoms with Gasteiger partial charge in [0, 0.05) is 0 Å². The molecule has 0 fully saturated rings. The summed E-state index contributed by atoms with van der Waals surface area (Å²) >= 11 is 0. The van der Waals surface area contributed by atoms with Crippen LogP contribution in [0.15, 0.2) is 34.5 Å².